The molecule has 2 heteroatoms. The zero-order chi connectivity index (χ0) is 33.0. The molecule has 1 aliphatic carbocycles. The Labute approximate surface area is 288 Å². The Morgan fingerprint density at radius 3 is 1.65 bits per heavy atom. The first kappa shape index (κ1) is 29.1. The van der Waals surface area contributed by atoms with Crippen molar-refractivity contribution in [2.24, 2.45) is 0 Å². The van der Waals surface area contributed by atoms with Gasteiger partial charge in [0.1, 0.15) is 0 Å². The predicted octanol–water partition coefficient (Wildman–Crippen LogP) is 12.7. The van der Waals surface area contributed by atoms with E-state index >= 15 is 0 Å². The molecular formula is C47H36N2. The third-order valence-electron chi connectivity index (χ3n) is 10.2. The maximum Gasteiger partial charge on any atom is 0.0528 e. The van der Waals surface area contributed by atoms with Crippen molar-refractivity contribution in [3.63, 3.8) is 0 Å². The van der Waals surface area contributed by atoms with Crippen molar-refractivity contribution in [1.82, 2.24) is 4.57 Å². The molecule has 1 aromatic heterocycles. The summed E-state index contributed by atoms with van der Waals surface area (Å²) in [6.07, 6.45) is 2.20. The minimum Gasteiger partial charge on any atom is -0.317 e. The van der Waals surface area contributed by atoms with Gasteiger partial charge in [-0.15, -0.1) is 0 Å². The van der Waals surface area contributed by atoms with Crippen LogP contribution < -0.4 is 4.90 Å². The molecule has 1 heterocycles. The number of hydrogen-bond donors (Lipinski definition) is 0. The first-order valence-electron chi connectivity index (χ1n) is 17.0. The molecule has 234 valence electrons. The molecule has 0 saturated carbocycles. The van der Waals surface area contributed by atoms with Crippen molar-refractivity contribution in [2.45, 2.75) is 19.3 Å². The second-order valence-electron chi connectivity index (χ2n) is 13.5. The van der Waals surface area contributed by atoms with Crippen molar-refractivity contribution in [3.8, 4) is 39.1 Å². The number of hydrogen-bond acceptors (Lipinski definition) is 1. The fraction of sp³-hybridized carbons (Fsp3) is 0.0638. The maximum absolute atomic E-state index is 2.41. The summed E-state index contributed by atoms with van der Waals surface area (Å²) in [4.78, 5) is 2.37. The molecule has 0 atom stereocenters. The third-order valence-corrected chi connectivity index (χ3v) is 10.2. The van der Waals surface area contributed by atoms with Crippen molar-refractivity contribution in [2.75, 3.05) is 4.90 Å². The number of fused-ring (bicyclic) bond motifs is 4. The SMILES string of the molecule is CC1(C)c2cc(N(c3ccccc3)c3ccc(-c4ccccc4)cc3)ccc2-c2ccc(-n3ccc4cc(-c5ccccc5)ccc43)cc21. The van der Waals surface area contributed by atoms with Crippen molar-refractivity contribution in [3.05, 3.63) is 193 Å². The molecule has 0 unspecified atom stereocenters. The van der Waals surface area contributed by atoms with Crippen LogP contribution in [0.2, 0.25) is 0 Å². The fourth-order valence-corrected chi connectivity index (χ4v) is 7.64. The Hall–Kier alpha value is -6.12. The second-order valence-corrected chi connectivity index (χ2v) is 13.5. The first-order chi connectivity index (χ1) is 24.0. The van der Waals surface area contributed by atoms with Crippen LogP contribution in [-0.4, -0.2) is 4.57 Å². The number of nitrogens with zero attached hydrogens (tertiary/aromatic N) is 2. The number of benzene rings is 7. The molecule has 0 aliphatic heterocycles. The highest BCUT2D eigenvalue weighted by atomic mass is 15.1. The summed E-state index contributed by atoms with van der Waals surface area (Å²) >= 11 is 0. The molecule has 0 radical (unpaired) electrons. The van der Waals surface area contributed by atoms with Gasteiger partial charge < -0.3 is 9.47 Å². The fourth-order valence-electron chi connectivity index (χ4n) is 7.64. The first-order valence-corrected chi connectivity index (χ1v) is 17.0. The van der Waals surface area contributed by atoms with Gasteiger partial charge in [-0.3, -0.25) is 0 Å². The van der Waals surface area contributed by atoms with E-state index in [4.69, 9.17) is 0 Å². The Morgan fingerprint density at radius 1 is 0.429 bits per heavy atom. The molecule has 8 aromatic rings. The van der Waals surface area contributed by atoms with Crippen LogP contribution in [0.3, 0.4) is 0 Å². The summed E-state index contributed by atoms with van der Waals surface area (Å²) in [5, 5.41) is 1.24. The molecule has 0 bridgehead atoms. The van der Waals surface area contributed by atoms with Crippen LogP contribution in [0.25, 0.3) is 50.0 Å². The average Bonchev–Trinajstić information content (AvgIpc) is 3.68. The lowest BCUT2D eigenvalue weighted by molar-refractivity contribution is 0.660. The second kappa shape index (κ2) is 11.5. The summed E-state index contributed by atoms with van der Waals surface area (Å²) in [6, 6.07) is 63.8. The Morgan fingerprint density at radius 2 is 0.959 bits per heavy atom. The zero-order valence-corrected chi connectivity index (χ0v) is 27.7. The molecule has 1 aliphatic rings. The van der Waals surface area contributed by atoms with Crippen molar-refractivity contribution < 1.29 is 0 Å². The molecule has 2 nitrogen and oxygen atoms in total. The van der Waals surface area contributed by atoms with Gasteiger partial charge in [0.15, 0.2) is 0 Å². The Kier molecular flexibility index (Phi) is 6.84. The van der Waals surface area contributed by atoms with Gasteiger partial charge in [0.2, 0.25) is 0 Å². The van der Waals surface area contributed by atoms with E-state index in [1.165, 1.54) is 61.1 Å². The van der Waals surface area contributed by atoms with E-state index in [0.717, 1.165) is 17.1 Å². The number of rotatable bonds is 6. The zero-order valence-electron chi connectivity index (χ0n) is 27.7. The van der Waals surface area contributed by atoms with Crippen LogP contribution in [0.1, 0.15) is 25.0 Å². The molecular weight excluding hydrogens is 593 g/mol. The van der Waals surface area contributed by atoms with Gasteiger partial charge in [-0.2, -0.15) is 0 Å². The molecule has 0 fully saturated rings. The van der Waals surface area contributed by atoms with E-state index in [0.29, 0.717) is 0 Å². The van der Waals surface area contributed by atoms with E-state index in [9.17, 15) is 0 Å². The lowest BCUT2D eigenvalue weighted by Crippen LogP contribution is -2.17. The highest BCUT2D eigenvalue weighted by molar-refractivity contribution is 5.89. The predicted molar refractivity (Wildman–Crippen MR) is 206 cm³/mol. The van der Waals surface area contributed by atoms with Crippen molar-refractivity contribution >= 4 is 28.0 Å². The van der Waals surface area contributed by atoms with E-state index in [-0.39, 0.29) is 5.41 Å². The molecule has 0 saturated heterocycles. The summed E-state index contributed by atoms with van der Waals surface area (Å²) in [5.74, 6) is 0. The number of anilines is 3. The van der Waals surface area contributed by atoms with Crippen LogP contribution in [0, 0.1) is 0 Å². The Balaban J connectivity index is 1.09. The van der Waals surface area contributed by atoms with Gasteiger partial charge in [-0.05, 0) is 111 Å². The summed E-state index contributed by atoms with van der Waals surface area (Å²) in [6.45, 7) is 4.74. The molecule has 9 rings (SSSR count). The number of aromatic nitrogens is 1. The average molecular weight is 629 g/mol. The van der Waals surface area contributed by atoms with Gasteiger partial charge in [0.05, 0.1) is 5.52 Å². The van der Waals surface area contributed by atoms with Crippen LogP contribution in [0.15, 0.2) is 182 Å². The summed E-state index contributed by atoms with van der Waals surface area (Å²) < 4.78 is 2.32. The van der Waals surface area contributed by atoms with Gasteiger partial charge >= 0.3 is 0 Å². The molecule has 7 aromatic carbocycles. The lowest BCUT2D eigenvalue weighted by Gasteiger charge is -2.28. The Bertz CT molecular complexity index is 2440. The monoisotopic (exact) mass is 628 g/mol. The summed E-state index contributed by atoms with van der Waals surface area (Å²) in [5.41, 5.74) is 15.9. The highest BCUT2D eigenvalue weighted by Crippen LogP contribution is 2.51. The molecule has 0 N–H and O–H groups in total. The largest absolute Gasteiger partial charge is 0.317 e. The smallest absolute Gasteiger partial charge is 0.0528 e. The quantitative estimate of drug-likeness (QED) is 0.178. The molecule has 0 spiro atoms. The standard InChI is InChI=1S/C47H36N2/c1-47(2)44-31-40(48-29-28-37-30-36(20-27-46(37)48)34-14-8-4-9-15-34)23-25-42(44)43-26-24-41(32-45(43)47)49(38-16-10-5-11-17-38)39-21-18-35(19-22-39)33-12-6-3-7-13-33/h3-32H,1-2H3. The van der Waals surface area contributed by atoms with E-state index in [1.54, 1.807) is 0 Å². The normalized spacial score (nSPS) is 12.9. The molecule has 0 amide bonds. The van der Waals surface area contributed by atoms with Gasteiger partial charge in [0.25, 0.3) is 0 Å². The van der Waals surface area contributed by atoms with E-state index < -0.39 is 0 Å². The molecule has 49 heavy (non-hydrogen) atoms. The van der Waals surface area contributed by atoms with Crippen LogP contribution in [0.5, 0.6) is 0 Å². The highest BCUT2D eigenvalue weighted by Gasteiger charge is 2.36. The topological polar surface area (TPSA) is 8.17 Å². The van der Waals surface area contributed by atoms with Gasteiger partial charge in [-0.25, -0.2) is 0 Å². The van der Waals surface area contributed by atoms with Gasteiger partial charge in [0, 0.05) is 39.7 Å². The summed E-state index contributed by atoms with van der Waals surface area (Å²) in [7, 11) is 0. The van der Waals surface area contributed by atoms with E-state index in [1.807, 2.05) is 0 Å². The maximum atomic E-state index is 2.41. The van der Waals surface area contributed by atoms with Crippen LogP contribution in [-0.2, 0) is 5.41 Å². The van der Waals surface area contributed by atoms with Crippen LogP contribution in [0.4, 0.5) is 17.1 Å². The number of para-hydroxylation sites is 1. The van der Waals surface area contributed by atoms with Gasteiger partial charge in [-0.1, -0.05) is 123 Å². The lowest BCUT2D eigenvalue weighted by atomic mass is 9.82. The van der Waals surface area contributed by atoms with Crippen molar-refractivity contribution in [1.29, 1.82) is 0 Å². The van der Waals surface area contributed by atoms with E-state index in [2.05, 4.69) is 205 Å². The van der Waals surface area contributed by atoms with Crippen LogP contribution >= 0.6 is 0 Å². The third kappa shape index (κ3) is 4.96. The minimum absolute atomic E-state index is 0.167. The minimum atomic E-state index is -0.167.